The molecule has 2 aromatic heterocycles. The Labute approximate surface area is 204 Å². The first kappa shape index (κ1) is 22.9. The summed E-state index contributed by atoms with van der Waals surface area (Å²) >= 11 is 0. The number of benzene rings is 2. The predicted molar refractivity (Wildman–Crippen MR) is 138 cm³/mol. The molecule has 5 rings (SSSR count). The van der Waals surface area contributed by atoms with Gasteiger partial charge in [0, 0.05) is 43.2 Å². The third-order valence-corrected chi connectivity index (χ3v) is 6.42. The SMILES string of the molecule is COc1cccc(CNc2nnc(-c3ccc4[nH]nc(N)c4c3)nc2N2CCN[C@@H](C(C)C)C2)c1. The summed E-state index contributed by atoms with van der Waals surface area (Å²) in [4.78, 5) is 7.28. The van der Waals surface area contributed by atoms with Crippen molar-refractivity contribution in [3.05, 3.63) is 48.0 Å². The molecule has 0 amide bonds. The Balaban J connectivity index is 1.49. The standard InChI is InChI=1S/C25H31N9O/c1-15(2)21-14-34(10-9-27-21)25-24(28-13-16-5-4-6-18(11-16)35-3)33-32-23(29-25)17-7-8-20-19(12-17)22(26)31-30-20/h4-8,11-12,15,21,27H,9-10,13-14H2,1-3H3,(H,28,33)(H3,26,30,31)/t21-/m1/s1. The zero-order valence-electron chi connectivity index (χ0n) is 20.2. The summed E-state index contributed by atoms with van der Waals surface area (Å²) in [5, 5.41) is 24.0. The highest BCUT2D eigenvalue weighted by atomic mass is 16.5. The summed E-state index contributed by atoms with van der Waals surface area (Å²) in [6, 6.07) is 14.2. The fourth-order valence-corrected chi connectivity index (χ4v) is 4.33. The summed E-state index contributed by atoms with van der Waals surface area (Å²) < 4.78 is 5.36. The van der Waals surface area contributed by atoms with Crippen molar-refractivity contribution in [1.29, 1.82) is 0 Å². The molecule has 0 unspecified atom stereocenters. The second-order valence-corrected chi connectivity index (χ2v) is 9.13. The van der Waals surface area contributed by atoms with Crippen molar-refractivity contribution < 1.29 is 4.74 Å². The Morgan fingerprint density at radius 3 is 2.91 bits per heavy atom. The van der Waals surface area contributed by atoms with E-state index in [9.17, 15) is 0 Å². The summed E-state index contributed by atoms with van der Waals surface area (Å²) in [6.45, 7) is 7.61. The number of piperazine rings is 1. The second kappa shape index (κ2) is 9.75. The summed E-state index contributed by atoms with van der Waals surface area (Å²) in [5.41, 5.74) is 8.82. The predicted octanol–water partition coefficient (Wildman–Crippen LogP) is 3.05. The molecule has 2 aromatic carbocycles. The maximum Gasteiger partial charge on any atom is 0.192 e. The maximum absolute atomic E-state index is 6.02. The third-order valence-electron chi connectivity index (χ3n) is 6.42. The number of nitrogens with two attached hydrogens (primary N) is 1. The number of nitrogens with one attached hydrogen (secondary N) is 3. The third kappa shape index (κ3) is 4.83. The van der Waals surface area contributed by atoms with E-state index in [0.29, 0.717) is 36.0 Å². The number of aromatic nitrogens is 5. The van der Waals surface area contributed by atoms with E-state index in [4.69, 9.17) is 15.5 Å². The first-order valence-electron chi connectivity index (χ1n) is 11.9. The van der Waals surface area contributed by atoms with Gasteiger partial charge in [0.05, 0.1) is 12.6 Å². The van der Waals surface area contributed by atoms with Crippen LogP contribution in [0.4, 0.5) is 17.5 Å². The van der Waals surface area contributed by atoms with Crippen molar-refractivity contribution in [3.63, 3.8) is 0 Å². The van der Waals surface area contributed by atoms with Gasteiger partial charge in [0.2, 0.25) is 0 Å². The molecule has 182 valence electrons. The van der Waals surface area contributed by atoms with Crippen LogP contribution in [0.5, 0.6) is 5.75 Å². The van der Waals surface area contributed by atoms with Crippen LogP contribution >= 0.6 is 0 Å². The molecule has 0 radical (unpaired) electrons. The van der Waals surface area contributed by atoms with Crippen molar-refractivity contribution >= 4 is 28.4 Å². The van der Waals surface area contributed by atoms with E-state index in [1.165, 1.54) is 0 Å². The summed E-state index contributed by atoms with van der Waals surface area (Å²) in [7, 11) is 1.67. The number of nitrogens with zero attached hydrogens (tertiary/aromatic N) is 5. The number of fused-ring (bicyclic) bond motifs is 1. The number of ether oxygens (including phenoxy) is 1. The fraction of sp³-hybridized carbons (Fsp3) is 0.360. The van der Waals surface area contributed by atoms with Gasteiger partial charge in [-0.1, -0.05) is 26.0 Å². The largest absolute Gasteiger partial charge is 0.497 e. The van der Waals surface area contributed by atoms with Crippen LogP contribution in [0.3, 0.4) is 0 Å². The number of nitrogen functional groups attached to an aromatic ring is 1. The zero-order chi connectivity index (χ0) is 24.4. The Kier molecular flexibility index (Phi) is 6.37. The lowest BCUT2D eigenvalue weighted by Gasteiger charge is -2.37. The molecule has 35 heavy (non-hydrogen) atoms. The van der Waals surface area contributed by atoms with Crippen LogP contribution in [0.25, 0.3) is 22.3 Å². The minimum absolute atomic E-state index is 0.371. The van der Waals surface area contributed by atoms with Crippen LogP contribution in [0.2, 0.25) is 0 Å². The number of hydrogen-bond donors (Lipinski definition) is 4. The number of aromatic amines is 1. The molecule has 1 aliphatic rings. The maximum atomic E-state index is 6.02. The fourth-order valence-electron chi connectivity index (χ4n) is 4.33. The average Bonchev–Trinajstić information content (AvgIpc) is 3.27. The molecule has 4 aromatic rings. The van der Waals surface area contributed by atoms with Gasteiger partial charge in [-0.2, -0.15) is 5.10 Å². The van der Waals surface area contributed by atoms with Gasteiger partial charge in [-0.3, -0.25) is 5.10 Å². The van der Waals surface area contributed by atoms with Gasteiger partial charge in [0.25, 0.3) is 0 Å². The van der Waals surface area contributed by atoms with Crippen molar-refractivity contribution in [2.45, 2.75) is 26.4 Å². The van der Waals surface area contributed by atoms with Gasteiger partial charge < -0.3 is 26.0 Å². The number of rotatable bonds is 7. The van der Waals surface area contributed by atoms with Crippen molar-refractivity contribution in [2.24, 2.45) is 5.92 Å². The van der Waals surface area contributed by atoms with E-state index in [1.54, 1.807) is 7.11 Å². The molecule has 0 aliphatic carbocycles. The average molecular weight is 474 g/mol. The molecule has 5 N–H and O–H groups in total. The molecule has 1 fully saturated rings. The molecule has 10 heteroatoms. The van der Waals surface area contributed by atoms with Gasteiger partial charge in [0.1, 0.15) is 5.75 Å². The lowest BCUT2D eigenvalue weighted by molar-refractivity contribution is 0.367. The van der Waals surface area contributed by atoms with E-state index >= 15 is 0 Å². The van der Waals surface area contributed by atoms with Crippen LogP contribution in [-0.2, 0) is 6.54 Å². The van der Waals surface area contributed by atoms with Gasteiger partial charge in [-0.05, 0) is 41.8 Å². The highest BCUT2D eigenvalue weighted by molar-refractivity contribution is 5.91. The van der Waals surface area contributed by atoms with E-state index < -0.39 is 0 Å². The van der Waals surface area contributed by atoms with Crippen LogP contribution in [0.15, 0.2) is 42.5 Å². The van der Waals surface area contributed by atoms with E-state index in [2.05, 4.69) is 55.8 Å². The van der Waals surface area contributed by atoms with Gasteiger partial charge in [0.15, 0.2) is 23.3 Å². The van der Waals surface area contributed by atoms with Gasteiger partial charge in [-0.25, -0.2) is 4.98 Å². The van der Waals surface area contributed by atoms with Crippen molar-refractivity contribution in [1.82, 2.24) is 30.7 Å². The number of hydrogen-bond acceptors (Lipinski definition) is 9. The molecule has 0 spiro atoms. The Bertz CT molecular complexity index is 1320. The molecular weight excluding hydrogens is 442 g/mol. The van der Waals surface area contributed by atoms with E-state index in [1.807, 2.05) is 36.4 Å². The Morgan fingerprint density at radius 1 is 1.20 bits per heavy atom. The molecular formula is C25H31N9O. The number of methoxy groups -OCH3 is 1. The Hall–Kier alpha value is -3.92. The minimum atomic E-state index is 0.371. The smallest absolute Gasteiger partial charge is 0.192 e. The quantitative estimate of drug-likeness (QED) is 0.320. The molecule has 0 bridgehead atoms. The lowest BCUT2D eigenvalue weighted by Crippen LogP contribution is -2.53. The van der Waals surface area contributed by atoms with Crippen molar-refractivity contribution in [2.75, 3.05) is 42.7 Å². The zero-order valence-corrected chi connectivity index (χ0v) is 20.2. The molecule has 3 heterocycles. The first-order chi connectivity index (χ1) is 17.0. The minimum Gasteiger partial charge on any atom is -0.497 e. The second-order valence-electron chi connectivity index (χ2n) is 9.13. The molecule has 1 saturated heterocycles. The van der Waals surface area contributed by atoms with E-state index in [-0.39, 0.29) is 0 Å². The van der Waals surface area contributed by atoms with Crippen LogP contribution in [0.1, 0.15) is 19.4 Å². The van der Waals surface area contributed by atoms with E-state index in [0.717, 1.165) is 53.2 Å². The summed E-state index contributed by atoms with van der Waals surface area (Å²) in [6.07, 6.45) is 0. The highest BCUT2D eigenvalue weighted by Crippen LogP contribution is 2.29. The van der Waals surface area contributed by atoms with Crippen LogP contribution < -0.4 is 26.0 Å². The van der Waals surface area contributed by atoms with Crippen LogP contribution in [-0.4, -0.2) is 58.2 Å². The Morgan fingerprint density at radius 2 is 2.09 bits per heavy atom. The van der Waals surface area contributed by atoms with Gasteiger partial charge >= 0.3 is 0 Å². The summed E-state index contributed by atoms with van der Waals surface area (Å²) in [5.74, 6) is 3.78. The molecule has 1 atom stereocenters. The highest BCUT2D eigenvalue weighted by Gasteiger charge is 2.26. The van der Waals surface area contributed by atoms with Crippen molar-refractivity contribution in [3.8, 4) is 17.1 Å². The number of H-pyrrole nitrogens is 1. The van der Waals surface area contributed by atoms with Gasteiger partial charge in [-0.15, -0.1) is 10.2 Å². The normalized spacial score (nSPS) is 16.1. The molecule has 1 aliphatic heterocycles. The van der Waals surface area contributed by atoms with Crippen LogP contribution in [0, 0.1) is 5.92 Å². The monoisotopic (exact) mass is 473 g/mol. The lowest BCUT2D eigenvalue weighted by atomic mass is 10.0. The topological polar surface area (TPSA) is 130 Å². The molecule has 10 nitrogen and oxygen atoms in total. The first-order valence-corrected chi connectivity index (χ1v) is 11.9. The molecule has 0 saturated carbocycles. The number of anilines is 3.